The maximum absolute atomic E-state index is 12.4. The molecule has 8 heteroatoms. The van der Waals surface area contributed by atoms with E-state index in [9.17, 15) is 19.7 Å². The van der Waals surface area contributed by atoms with E-state index in [2.05, 4.69) is 0 Å². The van der Waals surface area contributed by atoms with Gasteiger partial charge in [-0.05, 0) is 44.0 Å². The zero-order valence-electron chi connectivity index (χ0n) is 15.3. The number of rotatable bonds is 6. The van der Waals surface area contributed by atoms with E-state index in [4.69, 9.17) is 16.3 Å². The molecule has 1 saturated heterocycles. The van der Waals surface area contributed by atoms with Crippen molar-refractivity contribution in [2.24, 2.45) is 0 Å². The molecule has 0 spiro atoms. The number of hydrogen-bond donors (Lipinski definition) is 0. The van der Waals surface area contributed by atoms with Crippen LogP contribution in [0.4, 0.5) is 11.4 Å². The van der Waals surface area contributed by atoms with E-state index < -0.39 is 22.8 Å². The zero-order valence-corrected chi connectivity index (χ0v) is 16.0. The summed E-state index contributed by atoms with van der Waals surface area (Å²) in [5, 5.41) is 11.9. The smallest absolute Gasteiger partial charge is 0.339 e. The third-order valence-electron chi connectivity index (χ3n) is 4.62. The number of esters is 1. The number of benzene rings is 2. The van der Waals surface area contributed by atoms with E-state index in [1.54, 1.807) is 24.3 Å². The molecule has 1 fully saturated rings. The molecule has 2 aromatic carbocycles. The maximum Gasteiger partial charge on any atom is 0.339 e. The second-order valence-electron chi connectivity index (χ2n) is 6.58. The Kier molecular flexibility index (Phi) is 5.94. The molecule has 0 bridgehead atoms. The highest BCUT2D eigenvalue weighted by Crippen LogP contribution is 2.32. The van der Waals surface area contributed by atoms with Gasteiger partial charge in [-0.15, -0.1) is 0 Å². The number of carbonyl (C=O) groups excluding carboxylic acids is 2. The van der Waals surface area contributed by atoms with Gasteiger partial charge in [-0.3, -0.25) is 14.9 Å². The predicted octanol–water partition coefficient (Wildman–Crippen LogP) is 4.28. The van der Waals surface area contributed by atoms with Gasteiger partial charge in [0.2, 0.25) is 5.78 Å². The third kappa shape index (κ3) is 4.31. The Balaban J connectivity index is 1.77. The summed E-state index contributed by atoms with van der Waals surface area (Å²) in [5.41, 5.74) is 0.691. The molecule has 0 aliphatic carbocycles. The van der Waals surface area contributed by atoms with Gasteiger partial charge < -0.3 is 9.64 Å². The van der Waals surface area contributed by atoms with Gasteiger partial charge in [0.25, 0.3) is 5.69 Å². The van der Waals surface area contributed by atoms with Crippen molar-refractivity contribution in [3.8, 4) is 0 Å². The average Bonchev–Trinajstić information content (AvgIpc) is 3.21. The lowest BCUT2D eigenvalue weighted by Crippen LogP contribution is -2.24. The quantitative estimate of drug-likeness (QED) is 0.310. The van der Waals surface area contributed by atoms with Crippen LogP contribution in [0.15, 0.2) is 42.5 Å². The largest absolute Gasteiger partial charge is 0.451 e. The molecule has 1 unspecified atom stereocenters. The lowest BCUT2D eigenvalue weighted by molar-refractivity contribution is -0.384. The molecule has 2 aromatic rings. The minimum Gasteiger partial charge on any atom is -0.451 e. The van der Waals surface area contributed by atoms with Crippen molar-refractivity contribution >= 4 is 34.7 Å². The van der Waals surface area contributed by atoms with Gasteiger partial charge in [0.1, 0.15) is 5.69 Å². The summed E-state index contributed by atoms with van der Waals surface area (Å²) in [5.74, 6) is -1.20. The van der Waals surface area contributed by atoms with Crippen LogP contribution in [0.5, 0.6) is 0 Å². The molecule has 0 N–H and O–H groups in total. The first kappa shape index (κ1) is 19.8. The van der Waals surface area contributed by atoms with E-state index in [0.29, 0.717) is 16.3 Å². The number of ketones is 1. The molecule has 0 aromatic heterocycles. The Bertz CT molecular complexity index is 925. The van der Waals surface area contributed by atoms with Crippen molar-refractivity contribution in [3.05, 3.63) is 68.7 Å². The highest BCUT2D eigenvalue weighted by molar-refractivity contribution is 6.31. The van der Waals surface area contributed by atoms with Crippen molar-refractivity contribution in [2.45, 2.75) is 25.9 Å². The zero-order chi connectivity index (χ0) is 20.3. The Hall–Kier alpha value is -2.93. The average molecular weight is 403 g/mol. The number of nitro benzene ring substituents is 1. The fraction of sp³-hybridized carbons (Fsp3) is 0.300. The van der Waals surface area contributed by atoms with Crippen LogP contribution in [0.25, 0.3) is 0 Å². The summed E-state index contributed by atoms with van der Waals surface area (Å²) in [4.78, 5) is 37.7. The number of Topliss-reactive ketones (excluding diaryl/α,β-unsaturated/α-hetero) is 1. The van der Waals surface area contributed by atoms with Gasteiger partial charge >= 0.3 is 5.97 Å². The Morgan fingerprint density at radius 2 is 1.86 bits per heavy atom. The minimum absolute atomic E-state index is 0.0281. The van der Waals surface area contributed by atoms with Crippen LogP contribution < -0.4 is 4.90 Å². The summed E-state index contributed by atoms with van der Waals surface area (Å²) >= 11 is 5.88. The van der Waals surface area contributed by atoms with Gasteiger partial charge in [0.15, 0.2) is 6.10 Å². The molecule has 1 heterocycles. The Labute approximate surface area is 167 Å². The maximum atomic E-state index is 12.4. The van der Waals surface area contributed by atoms with Crippen molar-refractivity contribution < 1.29 is 19.2 Å². The molecule has 0 radical (unpaired) electrons. The third-order valence-corrected chi connectivity index (χ3v) is 4.85. The van der Waals surface area contributed by atoms with Crippen LogP contribution in [-0.4, -0.2) is 35.9 Å². The van der Waals surface area contributed by atoms with Crippen LogP contribution >= 0.6 is 11.6 Å². The molecule has 28 heavy (non-hydrogen) atoms. The molecule has 3 rings (SSSR count). The summed E-state index contributed by atoms with van der Waals surface area (Å²) < 4.78 is 5.22. The highest BCUT2D eigenvalue weighted by atomic mass is 35.5. The lowest BCUT2D eigenvalue weighted by Gasteiger charge is -2.18. The number of hydrogen-bond acceptors (Lipinski definition) is 6. The second-order valence-corrected chi connectivity index (χ2v) is 7.01. The van der Waals surface area contributed by atoms with Gasteiger partial charge in [-0.1, -0.05) is 23.7 Å². The number of nitro groups is 1. The van der Waals surface area contributed by atoms with E-state index in [0.717, 1.165) is 25.9 Å². The number of halogens is 1. The first-order chi connectivity index (χ1) is 13.4. The van der Waals surface area contributed by atoms with Gasteiger partial charge in [0, 0.05) is 29.7 Å². The fourth-order valence-electron chi connectivity index (χ4n) is 3.18. The molecule has 7 nitrogen and oxygen atoms in total. The van der Waals surface area contributed by atoms with Crippen molar-refractivity contribution in [1.82, 2.24) is 0 Å². The number of anilines is 1. The SMILES string of the molecule is CC(OC(=O)c1ccc(N2CCCC2)c([N+](=O)[O-])c1)C(=O)c1cccc(Cl)c1. The number of ether oxygens (including phenoxy) is 1. The van der Waals surface area contributed by atoms with Gasteiger partial charge in [0.05, 0.1) is 10.5 Å². The predicted molar refractivity (Wildman–Crippen MR) is 105 cm³/mol. The topological polar surface area (TPSA) is 89.8 Å². The van der Waals surface area contributed by atoms with Gasteiger partial charge in [-0.2, -0.15) is 0 Å². The van der Waals surface area contributed by atoms with E-state index >= 15 is 0 Å². The Morgan fingerprint density at radius 3 is 2.50 bits per heavy atom. The van der Waals surface area contributed by atoms with Crippen LogP contribution in [0, 0.1) is 10.1 Å². The summed E-state index contributed by atoms with van der Waals surface area (Å²) in [6.45, 7) is 2.94. The summed E-state index contributed by atoms with van der Waals surface area (Å²) in [7, 11) is 0. The van der Waals surface area contributed by atoms with Crippen LogP contribution in [0.3, 0.4) is 0 Å². The molecule has 0 amide bonds. The molecule has 0 saturated carbocycles. The van der Waals surface area contributed by atoms with Crippen molar-refractivity contribution in [1.29, 1.82) is 0 Å². The van der Waals surface area contributed by atoms with E-state index in [-0.39, 0.29) is 11.3 Å². The van der Waals surface area contributed by atoms with Gasteiger partial charge in [-0.25, -0.2) is 4.79 Å². The van der Waals surface area contributed by atoms with Crippen LogP contribution in [-0.2, 0) is 4.74 Å². The normalized spacial score (nSPS) is 14.6. The molecule has 146 valence electrons. The summed E-state index contributed by atoms with van der Waals surface area (Å²) in [6.07, 6.45) is 0.900. The number of carbonyl (C=O) groups is 2. The van der Waals surface area contributed by atoms with Crippen molar-refractivity contribution in [3.63, 3.8) is 0 Å². The molecule has 1 atom stereocenters. The molecule has 1 aliphatic heterocycles. The number of nitrogens with zero attached hydrogens (tertiary/aromatic N) is 2. The summed E-state index contributed by atoms with van der Waals surface area (Å²) in [6, 6.07) is 10.6. The first-order valence-corrected chi connectivity index (χ1v) is 9.29. The van der Waals surface area contributed by atoms with Crippen LogP contribution in [0.1, 0.15) is 40.5 Å². The van der Waals surface area contributed by atoms with E-state index in [1.807, 2.05) is 4.90 Å². The van der Waals surface area contributed by atoms with Crippen LogP contribution in [0.2, 0.25) is 5.02 Å². The Morgan fingerprint density at radius 1 is 1.14 bits per heavy atom. The van der Waals surface area contributed by atoms with Crippen molar-refractivity contribution in [2.75, 3.05) is 18.0 Å². The second kappa shape index (κ2) is 8.39. The first-order valence-electron chi connectivity index (χ1n) is 8.91. The fourth-order valence-corrected chi connectivity index (χ4v) is 3.37. The van der Waals surface area contributed by atoms with E-state index in [1.165, 1.54) is 25.1 Å². The minimum atomic E-state index is -1.05. The molecule has 1 aliphatic rings. The highest BCUT2D eigenvalue weighted by Gasteiger charge is 2.26. The standard InChI is InChI=1S/C20H19ClN2O5/c1-13(19(24)14-5-4-6-16(21)11-14)28-20(25)15-7-8-17(18(12-15)23(26)27)22-9-2-3-10-22/h4-8,11-13H,2-3,9-10H2,1H3. The molecular formula is C20H19ClN2O5. The molecular weight excluding hydrogens is 384 g/mol. The monoisotopic (exact) mass is 402 g/mol. The lowest BCUT2D eigenvalue weighted by atomic mass is 10.1.